The lowest BCUT2D eigenvalue weighted by atomic mass is 10.1. The van der Waals surface area contributed by atoms with Gasteiger partial charge in [0, 0.05) is 25.1 Å². The number of nitrogens with one attached hydrogen (secondary N) is 3. The molecular formula is C17H21F3N6O4. The Morgan fingerprint density at radius 2 is 2.07 bits per heavy atom. The maximum Gasteiger partial charge on any atom is 0.435 e. The Labute approximate surface area is 168 Å². The van der Waals surface area contributed by atoms with Gasteiger partial charge in [-0.15, -0.1) is 0 Å². The molecule has 1 aromatic rings. The van der Waals surface area contributed by atoms with Crippen LogP contribution in [0.25, 0.3) is 0 Å². The quantitative estimate of drug-likeness (QED) is 0.467. The number of H-pyrrole nitrogens is 1. The molecule has 0 radical (unpaired) electrons. The summed E-state index contributed by atoms with van der Waals surface area (Å²) in [7, 11) is 0. The SMILES string of the molecule is NC(=O)C1CCCN1C(=O)C(Cc1[nH]cnc1C(F)(F)F)NC(=O)C1CCC(=O)N1. The third-order valence-electron chi connectivity index (χ3n) is 5.19. The summed E-state index contributed by atoms with van der Waals surface area (Å²) in [6.07, 6.45) is -3.27. The number of hydrogen-bond acceptors (Lipinski definition) is 5. The number of likely N-dealkylation sites (tertiary alicyclic amines) is 1. The topological polar surface area (TPSA) is 150 Å². The van der Waals surface area contributed by atoms with E-state index in [0.29, 0.717) is 12.8 Å². The van der Waals surface area contributed by atoms with Crippen molar-refractivity contribution in [1.29, 1.82) is 0 Å². The molecule has 1 aromatic heterocycles. The first-order valence-electron chi connectivity index (χ1n) is 9.37. The van der Waals surface area contributed by atoms with E-state index in [4.69, 9.17) is 5.73 Å². The van der Waals surface area contributed by atoms with Crippen molar-refractivity contribution >= 4 is 23.6 Å². The first-order valence-corrected chi connectivity index (χ1v) is 9.37. The van der Waals surface area contributed by atoms with Crippen molar-refractivity contribution in [2.75, 3.05) is 6.54 Å². The zero-order valence-corrected chi connectivity index (χ0v) is 15.8. The third-order valence-corrected chi connectivity index (χ3v) is 5.19. The number of carbonyl (C=O) groups excluding carboxylic acids is 4. The first kappa shape index (κ1) is 21.6. The summed E-state index contributed by atoms with van der Waals surface area (Å²) in [5, 5.41) is 4.86. The van der Waals surface area contributed by atoms with Gasteiger partial charge in [-0.3, -0.25) is 19.2 Å². The average molecular weight is 430 g/mol. The van der Waals surface area contributed by atoms with E-state index in [1.165, 1.54) is 4.90 Å². The summed E-state index contributed by atoms with van der Waals surface area (Å²) in [4.78, 5) is 55.4. The largest absolute Gasteiger partial charge is 0.435 e. The van der Waals surface area contributed by atoms with E-state index in [9.17, 15) is 32.3 Å². The molecule has 2 aliphatic rings. The molecule has 2 fully saturated rings. The van der Waals surface area contributed by atoms with Gasteiger partial charge in [-0.25, -0.2) is 4.98 Å². The maximum atomic E-state index is 13.2. The van der Waals surface area contributed by atoms with Gasteiger partial charge in [0.15, 0.2) is 5.69 Å². The fraction of sp³-hybridized carbons (Fsp3) is 0.588. The average Bonchev–Trinajstić information content (AvgIpc) is 3.39. The van der Waals surface area contributed by atoms with Gasteiger partial charge < -0.3 is 26.3 Å². The number of aromatic amines is 1. The molecule has 0 saturated carbocycles. The van der Waals surface area contributed by atoms with Crippen LogP contribution in [0.2, 0.25) is 0 Å². The van der Waals surface area contributed by atoms with Crippen LogP contribution in [0, 0.1) is 0 Å². The molecule has 4 amide bonds. The molecule has 0 aromatic carbocycles. The Morgan fingerprint density at radius 1 is 1.33 bits per heavy atom. The maximum absolute atomic E-state index is 13.2. The van der Waals surface area contributed by atoms with Gasteiger partial charge in [-0.2, -0.15) is 13.2 Å². The van der Waals surface area contributed by atoms with Crippen molar-refractivity contribution in [2.45, 2.75) is 56.4 Å². The second kappa shape index (κ2) is 8.32. The molecule has 10 nitrogen and oxygen atoms in total. The Hall–Kier alpha value is -3.12. The van der Waals surface area contributed by atoms with Gasteiger partial charge in [0.1, 0.15) is 18.1 Å². The van der Waals surface area contributed by atoms with Crippen LogP contribution in [0.3, 0.4) is 0 Å². The van der Waals surface area contributed by atoms with Gasteiger partial charge >= 0.3 is 6.18 Å². The molecule has 3 heterocycles. The van der Waals surface area contributed by atoms with Crippen LogP contribution in [-0.2, 0) is 31.8 Å². The molecule has 13 heteroatoms. The molecule has 30 heavy (non-hydrogen) atoms. The van der Waals surface area contributed by atoms with Crippen molar-refractivity contribution in [3.05, 3.63) is 17.7 Å². The van der Waals surface area contributed by atoms with Crippen molar-refractivity contribution in [1.82, 2.24) is 25.5 Å². The molecular weight excluding hydrogens is 409 g/mol. The van der Waals surface area contributed by atoms with Crippen LogP contribution in [0.4, 0.5) is 13.2 Å². The third kappa shape index (κ3) is 4.54. The minimum absolute atomic E-state index is 0.130. The van der Waals surface area contributed by atoms with E-state index in [-0.39, 0.29) is 31.0 Å². The smallest absolute Gasteiger partial charge is 0.368 e. The van der Waals surface area contributed by atoms with Crippen molar-refractivity contribution in [2.24, 2.45) is 5.73 Å². The van der Waals surface area contributed by atoms with E-state index in [2.05, 4.69) is 20.6 Å². The summed E-state index contributed by atoms with van der Waals surface area (Å²) < 4.78 is 39.5. The predicted octanol–water partition coefficient (Wildman–Crippen LogP) is -0.789. The number of carbonyl (C=O) groups is 4. The van der Waals surface area contributed by atoms with Gasteiger partial charge in [0.2, 0.25) is 23.6 Å². The zero-order valence-electron chi connectivity index (χ0n) is 15.8. The Balaban J connectivity index is 1.84. The number of hydrogen-bond donors (Lipinski definition) is 4. The number of nitrogens with zero attached hydrogens (tertiary/aromatic N) is 2. The lowest BCUT2D eigenvalue weighted by Crippen LogP contribution is -2.56. The van der Waals surface area contributed by atoms with Crippen molar-refractivity contribution in [3.8, 4) is 0 Å². The number of amides is 4. The van der Waals surface area contributed by atoms with E-state index >= 15 is 0 Å². The monoisotopic (exact) mass is 430 g/mol. The summed E-state index contributed by atoms with van der Waals surface area (Å²) in [5.74, 6) is -2.48. The number of aromatic nitrogens is 2. The number of primary amides is 1. The highest BCUT2D eigenvalue weighted by atomic mass is 19.4. The van der Waals surface area contributed by atoms with Gasteiger partial charge in [0.25, 0.3) is 0 Å². The van der Waals surface area contributed by atoms with Crippen LogP contribution in [0.1, 0.15) is 37.1 Å². The summed E-state index contributed by atoms with van der Waals surface area (Å²) in [5.41, 5.74) is 3.75. The number of nitrogens with two attached hydrogens (primary N) is 1. The highest BCUT2D eigenvalue weighted by Crippen LogP contribution is 2.30. The molecule has 3 atom stereocenters. The van der Waals surface area contributed by atoms with Crippen LogP contribution < -0.4 is 16.4 Å². The van der Waals surface area contributed by atoms with Crippen LogP contribution in [-0.4, -0.2) is 63.2 Å². The Bertz CT molecular complexity index is 855. The molecule has 0 aliphatic carbocycles. The lowest BCUT2D eigenvalue weighted by molar-refractivity contribution is -0.143. The minimum Gasteiger partial charge on any atom is -0.368 e. The van der Waals surface area contributed by atoms with E-state index in [0.717, 1.165) is 6.33 Å². The second-order valence-electron chi connectivity index (χ2n) is 7.24. The molecule has 2 saturated heterocycles. The molecule has 3 rings (SSSR count). The van der Waals surface area contributed by atoms with E-state index in [1.807, 2.05) is 0 Å². The lowest BCUT2D eigenvalue weighted by Gasteiger charge is -2.28. The van der Waals surface area contributed by atoms with Gasteiger partial charge in [-0.1, -0.05) is 0 Å². The summed E-state index contributed by atoms with van der Waals surface area (Å²) in [6.45, 7) is 0.189. The number of halogens is 3. The van der Waals surface area contributed by atoms with Gasteiger partial charge in [0.05, 0.1) is 6.33 Å². The van der Waals surface area contributed by atoms with Crippen LogP contribution in [0.15, 0.2) is 6.33 Å². The predicted molar refractivity (Wildman–Crippen MR) is 94.3 cm³/mol. The first-order chi connectivity index (χ1) is 14.1. The Kier molecular flexibility index (Phi) is 5.99. The van der Waals surface area contributed by atoms with Crippen molar-refractivity contribution < 1.29 is 32.3 Å². The molecule has 0 bridgehead atoms. The number of rotatable bonds is 6. The molecule has 0 spiro atoms. The van der Waals surface area contributed by atoms with Crippen molar-refractivity contribution in [3.63, 3.8) is 0 Å². The summed E-state index contributed by atoms with van der Waals surface area (Å²) in [6, 6.07) is -3.19. The number of alkyl halides is 3. The van der Waals surface area contributed by atoms with Gasteiger partial charge in [-0.05, 0) is 19.3 Å². The second-order valence-corrected chi connectivity index (χ2v) is 7.24. The fourth-order valence-electron chi connectivity index (χ4n) is 3.73. The number of imidazole rings is 1. The highest BCUT2D eigenvalue weighted by molar-refractivity contribution is 5.95. The summed E-state index contributed by atoms with van der Waals surface area (Å²) >= 11 is 0. The molecule has 2 aliphatic heterocycles. The zero-order chi connectivity index (χ0) is 22.1. The fourth-order valence-corrected chi connectivity index (χ4v) is 3.73. The molecule has 3 unspecified atom stereocenters. The molecule has 164 valence electrons. The highest BCUT2D eigenvalue weighted by Gasteiger charge is 2.41. The molecule has 5 N–H and O–H groups in total. The van der Waals surface area contributed by atoms with E-state index < -0.39 is 54.1 Å². The standard InChI is InChI=1S/C17H21F3N6O4/c18-17(19,20)13-9(22-7-23-13)6-10(25-15(29)8-3-4-12(27)24-8)16(30)26-5-1-2-11(26)14(21)28/h7-8,10-11H,1-6H2,(H2,21,28)(H,22,23)(H,24,27)(H,25,29). The van der Waals surface area contributed by atoms with Crippen LogP contribution >= 0.6 is 0 Å². The van der Waals surface area contributed by atoms with E-state index in [1.54, 1.807) is 0 Å². The van der Waals surface area contributed by atoms with Crippen LogP contribution in [0.5, 0.6) is 0 Å². The normalized spacial score (nSPS) is 22.6. The Morgan fingerprint density at radius 3 is 2.67 bits per heavy atom. The minimum atomic E-state index is -4.75.